The Bertz CT molecular complexity index is 181. The molecule has 0 aromatic carbocycles. The zero-order chi connectivity index (χ0) is 14.3. The average Bonchev–Trinajstić information content (AvgIpc) is 1.76. The summed E-state index contributed by atoms with van der Waals surface area (Å²) in [6.45, 7) is 3.89. The van der Waals surface area contributed by atoms with E-state index in [0.717, 1.165) is 27.7 Å². The molecule has 0 bridgehead atoms. The first-order valence-electron chi connectivity index (χ1n) is 3.63. The maximum Gasteiger partial charge on any atom is 0.0383 e. The normalized spacial score (nSPS) is 4.17. The highest BCUT2D eigenvalue weighted by Crippen LogP contribution is 1.32. The van der Waals surface area contributed by atoms with Crippen molar-refractivity contribution < 1.29 is 67.5 Å². The Morgan fingerprint density at radius 1 is 0.458 bits per heavy atom. The summed E-state index contributed by atoms with van der Waals surface area (Å²) in [5, 5.41) is 35.6. The van der Waals surface area contributed by atoms with Gasteiger partial charge >= 0.3 is 0 Å². The Morgan fingerprint density at radius 2 is 0.458 bits per heavy atom. The number of halogens is 1. The standard InChI is InChI=1S/4C2H4O2.BrH.5H3N.2H2O/c4*1-2(3)4;;;;;;;;/h4*1H3,(H,3,4);1H;5*1H3;2*1H2. The van der Waals surface area contributed by atoms with E-state index in [2.05, 4.69) is 0 Å². The fourth-order valence-electron chi connectivity index (χ4n) is 0. The Labute approximate surface area is 150 Å². The molecule has 15 nitrogen and oxygen atoms in total. The highest BCUT2D eigenvalue weighted by Gasteiger charge is 1.47. The van der Waals surface area contributed by atoms with Crippen LogP contribution >= 0.6 is 0 Å². The third kappa shape index (κ3) is 1980. The third-order valence-electron chi connectivity index (χ3n) is 0. The highest BCUT2D eigenvalue weighted by molar-refractivity contribution is 5.61. The Hall–Kier alpha value is -1.92. The summed E-state index contributed by atoms with van der Waals surface area (Å²) in [7, 11) is 0. The lowest BCUT2D eigenvalue weighted by molar-refractivity contribution is -0.303. The van der Waals surface area contributed by atoms with Crippen molar-refractivity contribution in [3.63, 3.8) is 0 Å². The van der Waals surface area contributed by atoms with Gasteiger partial charge in [-0.05, 0) is 27.7 Å². The fraction of sp³-hybridized carbons (Fsp3) is 0.500. The van der Waals surface area contributed by atoms with Crippen LogP contribution in [0.25, 0.3) is 0 Å². The number of carboxylic acid groups (broad SMARTS) is 4. The van der Waals surface area contributed by atoms with E-state index in [1.165, 1.54) is 0 Å². The molecule has 0 aliphatic heterocycles. The minimum absolute atomic E-state index is 0. The molecule has 0 fully saturated rings. The van der Waals surface area contributed by atoms with E-state index in [4.69, 9.17) is 39.6 Å². The van der Waals surface area contributed by atoms with Crippen molar-refractivity contribution in [1.29, 1.82) is 0 Å². The summed E-state index contributed by atoms with van der Waals surface area (Å²) in [4.78, 5) is 35.6. The Morgan fingerprint density at radius 3 is 0.458 bits per heavy atom. The lowest BCUT2D eigenvalue weighted by Gasteiger charge is -1.77. The zero-order valence-electron chi connectivity index (χ0n) is 15.6. The molecule has 0 heterocycles. The molecule has 0 rings (SSSR count). The second kappa shape index (κ2) is 83.7. The maximum atomic E-state index is 8.89. The molecule has 0 aromatic rings. The summed E-state index contributed by atoms with van der Waals surface area (Å²) in [5.74, 6) is -4.33. The molecule has 24 heavy (non-hydrogen) atoms. The lowest BCUT2D eigenvalue weighted by Crippen LogP contribution is -3.00. The number of carboxylic acids is 4. The van der Waals surface area contributed by atoms with E-state index >= 15 is 0 Å². The van der Waals surface area contributed by atoms with Gasteiger partial charge in [0.1, 0.15) is 0 Å². The number of quaternary nitrogens is 5. The van der Waals surface area contributed by atoms with Crippen LogP contribution in [0, 0.1) is 0 Å². The first-order chi connectivity index (χ1) is 6.93. The number of carbonyl (C=O) groups is 4. The molecule has 0 aromatic heterocycles. The van der Waals surface area contributed by atoms with Gasteiger partial charge in [-0.25, -0.2) is 0 Å². The molecule has 16 heteroatoms. The number of hydrogen-bond acceptors (Lipinski definition) is 8. The topological polar surface area (TPSA) is 406 Å². The molecule has 0 saturated heterocycles. The van der Waals surface area contributed by atoms with Gasteiger partial charge in [0.25, 0.3) is 0 Å². The Balaban J connectivity index is -0.00000000720. The summed E-state index contributed by atoms with van der Waals surface area (Å²) in [6.07, 6.45) is 0. The van der Waals surface area contributed by atoms with Crippen LogP contribution < -0.4 is 68.2 Å². The van der Waals surface area contributed by atoms with E-state index < -0.39 is 23.9 Å². The molecule has 0 radical (unpaired) electrons. The summed E-state index contributed by atoms with van der Waals surface area (Å²) in [6, 6.07) is 0. The van der Waals surface area contributed by atoms with Crippen molar-refractivity contribution >= 4 is 23.9 Å². The van der Waals surface area contributed by atoms with Crippen molar-refractivity contribution in [2.75, 3.05) is 0 Å². The summed E-state index contributed by atoms with van der Waals surface area (Å²) in [5.41, 5.74) is 0. The Kier molecular flexibility index (Phi) is 337. The zero-order valence-corrected chi connectivity index (χ0v) is 17.2. The minimum Gasteiger partial charge on any atom is -1.00 e. The van der Waals surface area contributed by atoms with E-state index in [0.29, 0.717) is 0 Å². The van der Waals surface area contributed by atoms with Crippen LogP contribution in [0.5, 0.6) is 0 Å². The third-order valence-corrected chi connectivity index (χ3v) is 0. The second-order valence-electron chi connectivity index (χ2n) is 1.97. The second-order valence-corrected chi connectivity index (χ2v) is 1.97. The van der Waals surface area contributed by atoms with Crippen molar-refractivity contribution in [3.05, 3.63) is 0 Å². The van der Waals surface area contributed by atoms with Crippen molar-refractivity contribution in [2.24, 2.45) is 0 Å². The van der Waals surface area contributed by atoms with E-state index in [9.17, 15) is 0 Å². The average molecular weight is 442 g/mol. The maximum absolute atomic E-state index is 8.89. The SMILES string of the molecule is CC(=O)[O-].CC(=O)[O-].CC(=O)[O-].CC(=O)[O-].O.O.[Br-].[NH4+].[NH4+].[NH4+].[NH4+].[NH4+]. The highest BCUT2D eigenvalue weighted by atomic mass is 79.9. The lowest BCUT2D eigenvalue weighted by atomic mass is 10.9. The van der Waals surface area contributed by atoms with Gasteiger partial charge in [0.2, 0.25) is 0 Å². The molecule has 0 saturated carbocycles. The van der Waals surface area contributed by atoms with Gasteiger partial charge in [0, 0.05) is 23.9 Å². The van der Waals surface area contributed by atoms with Gasteiger partial charge in [-0.15, -0.1) is 0 Å². The molecule has 0 aliphatic carbocycles. The van der Waals surface area contributed by atoms with Gasteiger partial charge in [-0.2, -0.15) is 0 Å². The van der Waals surface area contributed by atoms with Crippen LogP contribution in [0.2, 0.25) is 0 Å². The number of hydrogen-bond donors (Lipinski definition) is 5. The fourth-order valence-corrected chi connectivity index (χ4v) is 0. The molecule has 0 spiro atoms. The van der Waals surface area contributed by atoms with Gasteiger partial charge < -0.3 is 98.3 Å². The molecular weight excluding hydrogens is 406 g/mol. The van der Waals surface area contributed by atoms with Crippen LogP contribution in [0.3, 0.4) is 0 Å². The summed E-state index contributed by atoms with van der Waals surface area (Å²) >= 11 is 0. The largest absolute Gasteiger partial charge is 1.00 e. The summed E-state index contributed by atoms with van der Waals surface area (Å²) < 4.78 is 0. The number of carbonyl (C=O) groups excluding carboxylic acids is 4. The number of rotatable bonds is 0. The van der Waals surface area contributed by atoms with Crippen molar-refractivity contribution in [1.82, 2.24) is 30.8 Å². The molecule has 0 unspecified atom stereocenters. The quantitative estimate of drug-likeness (QED) is 0.239. The van der Waals surface area contributed by atoms with Crippen molar-refractivity contribution in [3.8, 4) is 0 Å². The van der Waals surface area contributed by atoms with Crippen LogP contribution in [-0.2, 0) is 19.2 Å². The van der Waals surface area contributed by atoms with Crippen molar-refractivity contribution in [2.45, 2.75) is 27.7 Å². The minimum atomic E-state index is -1.08. The van der Waals surface area contributed by atoms with Crippen LogP contribution in [0.4, 0.5) is 0 Å². The molecule has 0 aliphatic rings. The predicted molar refractivity (Wildman–Crippen MR) is 79.9 cm³/mol. The van der Waals surface area contributed by atoms with Gasteiger partial charge in [-0.3, -0.25) is 0 Å². The monoisotopic (exact) mass is 441 g/mol. The molecule has 24 N–H and O–H groups in total. The number of aliphatic carboxylic acids is 4. The van der Waals surface area contributed by atoms with Gasteiger partial charge in [0.05, 0.1) is 0 Å². The first kappa shape index (κ1) is 96.6. The van der Waals surface area contributed by atoms with Crippen LogP contribution in [0.15, 0.2) is 0 Å². The molecule has 160 valence electrons. The van der Waals surface area contributed by atoms with Crippen LogP contribution in [0.1, 0.15) is 27.7 Å². The molecular formula is C8H36BrN5O10. The van der Waals surface area contributed by atoms with Gasteiger partial charge in [0.15, 0.2) is 0 Å². The van der Waals surface area contributed by atoms with E-state index in [1.807, 2.05) is 0 Å². The van der Waals surface area contributed by atoms with Gasteiger partial charge in [-0.1, -0.05) is 0 Å². The predicted octanol–water partition coefficient (Wildman–Crippen LogP) is -7.74. The molecule has 0 atom stereocenters. The van der Waals surface area contributed by atoms with Crippen LogP contribution in [-0.4, -0.2) is 34.8 Å². The van der Waals surface area contributed by atoms with E-state index in [1.54, 1.807) is 0 Å². The van der Waals surface area contributed by atoms with E-state index in [-0.39, 0.29) is 58.7 Å². The molecule has 0 amide bonds. The first-order valence-corrected chi connectivity index (χ1v) is 3.63. The smallest absolute Gasteiger partial charge is 0.0383 e.